The monoisotopic (exact) mass is 406 g/mol. The molecule has 0 radical (unpaired) electrons. The maximum Gasteiger partial charge on any atom is 0.344 e. The highest BCUT2D eigenvalue weighted by atomic mass is 35.5. The molecule has 0 aliphatic heterocycles. The summed E-state index contributed by atoms with van der Waals surface area (Å²) < 4.78 is 15.3. The summed E-state index contributed by atoms with van der Waals surface area (Å²) >= 11 is 5.82. The molecule has 0 bridgehead atoms. The Bertz CT molecular complexity index is 871. The fourth-order valence-corrected chi connectivity index (χ4v) is 2.34. The Balaban J connectivity index is 1.86. The molecule has 0 spiro atoms. The van der Waals surface area contributed by atoms with Gasteiger partial charge >= 0.3 is 5.97 Å². The van der Waals surface area contributed by atoms with Crippen LogP contribution in [0.25, 0.3) is 0 Å². The summed E-state index contributed by atoms with van der Waals surface area (Å²) in [6.45, 7) is 0.494. The molecule has 2 aromatic rings. The van der Waals surface area contributed by atoms with E-state index in [1.807, 2.05) is 0 Å². The number of carbonyl (C=O) groups is 3. The van der Waals surface area contributed by atoms with Gasteiger partial charge < -0.3 is 24.8 Å². The van der Waals surface area contributed by atoms with E-state index in [0.29, 0.717) is 27.9 Å². The van der Waals surface area contributed by atoms with E-state index >= 15 is 0 Å². The van der Waals surface area contributed by atoms with Crippen molar-refractivity contribution in [2.24, 2.45) is 0 Å². The van der Waals surface area contributed by atoms with Gasteiger partial charge in [0.25, 0.3) is 5.91 Å². The molecular weight excluding hydrogens is 388 g/mol. The minimum Gasteiger partial charge on any atom is -0.495 e. The second-order valence-electron chi connectivity index (χ2n) is 5.55. The normalized spacial score (nSPS) is 9.96. The predicted molar refractivity (Wildman–Crippen MR) is 104 cm³/mol. The molecule has 9 heteroatoms. The lowest BCUT2D eigenvalue weighted by molar-refractivity contribution is -0.149. The lowest BCUT2D eigenvalue weighted by atomic mass is 10.2. The van der Waals surface area contributed by atoms with Crippen LogP contribution in [0.3, 0.4) is 0 Å². The van der Waals surface area contributed by atoms with E-state index in [2.05, 4.69) is 10.6 Å². The zero-order valence-electron chi connectivity index (χ0n) is 15.3. The van der Waals surface area contributed by atoms with Crippen molar-refractivity contribution in [3.63, 3.8) is 0 Å². The van der Waals surface area contributed by atoms with Crippen LogP contribution in [-0.2, 0) is 19.1 Å². The topological polar surface area (TPSA) is 103 Å². The Morgan fingerprint density at radius 2 is 1.82 bits per heavy atom. The van der Waals surface area contributed by atoms with E-state index in [4.69, 9.17) is 25.8 Å². The number of rotatable bonds is 8. The zero-order chi connectivity index (χ0) is 20.5. The van der Waals surface area contributed by atoms with Crippen LogP contribution in [0, 0.1) is 0 Å². The number of benzene rings is 2. The average molecular weight is 407 g/mol. The van der Waals surface area contributed by atoms with Gasteiger partial charge in [0.15, 0.2) is 13.2 Å². The number of esters is 1. The highest BCUT2D eigenvalue weighted by molar-refractivity contribution is 6.30. The number of nitrogens with one attached hydrogen (secondary N) is 2. The number of methoxy groups -OCH3 is 1. The van der Waals surface area contributed by atoms with Gasteiger partial charge in [0.2, 0.25) is 5.91 Å². The Labute approximate surface area is 166 Å². The second kappa shape index (κ2) is 10.2. The van der Waals surface area contributed by atoms with Gasteiger partial charge in [0.05, 0.1) is 12.8 Å². The first-order chi connectivity index (χ1) is 13.4. The molecular formula is C19H19ClN2O6. The van der Waals surface area contributed by atoms with Crippen molar-refractivity contribution in [1.82, 2.24) is 0 Å². The van der Waals surface area contributed by atoms with Gasteiger partial charge in [-0.05, 0) is 36.4 Å². The number of hydrogen-bond donors (Lipinski definition) is 2. The fraction of sp³-hybridized carbons (Fsp3) is 0.211. The summed E-state index contributed by atoms with van der Waals surface area (Å²) in [5.41, 5.74) is 0.806. The van der Waals surface area contributed by atoms with Crippen LogP contribution in [0.1, 0.15) is 6.92 Å². The lowest BCUT2D eigenvalue weighted by Crippen LogP contribution is -2.24. The molecule has 0 saturated heterocycles. The van der Waals surface area contributed by atoms with Crippen LogP contribution in [0.2, 0.25) is 5.02 Å². The van der Waals surface area contributed by atoms with Crippen molar-refractivity contribution in [3.8, 4) is 11.5 Å². The van der Waals surface area contributed by atoms with Gasteiger partial charge in [0.1, 0.15) is 11.5 Å². The molecule has 0 aliphatic rings. The van der Waals surface area contributed by atoms with E-state index in [1.165, 1.54) is 20.1 Å². The lowest BCUT2D eigenvalue weighted by Gasteiger charge is -2.12. The van der Waals surface area contributed by atoms with Crippen molar-refractivity contribution < 1.29 is 28.6 Å². The minimum atomic E-state index is -0.714. The molecule has 0 unspecified atom stereocenters. The number of hydrogen-bond acceptors (Lipinski definition) is 6. The molecule has 0 heterocycles. The van der Waals surface area contributed by atoms with Crippen LogP contribution < -0.4 is 20.1 Å². The standard InChI is InChI=1S/C19H19ClN2O6/c1-12(23)21-14-6-7-17(26-2)16(9-14)22-18(24)10-28-19(25)11-27-15-5-3-4-13(20)8-15/h3-9H,10-11H2,1-2H3,(H,21,23)(H,22,24). The quantitative estimate of drug-likeness (QED) is 0.653. The van der Waals surface area contributed by atoms with Crippen molar-refractivity contribution in [1.29, 1.82) is 0 Å². The third kappa shape index (κ3) is 6.81. The van der Waals surface area contributed by atoms with E-state index in [9.17, 15) is 14.4 Å². The highest BCUT2D eigenvalue weighted by Gasteiger charge is 2.12. The summed E-state index contributed by atoms with van der Waals surface area (Å²) in [6.07, 6.45) is 0. The van der Waals surface area contributed by atoms with Gasteiger partial charge in [-0.25, -0.2) is 4.79 Å². The molecule has 2 N–H and O–H groups in total. The Kier molecular flexibility index (Phi) is 7.65. The van der Waals surface area contributed by atoms with Crippen LogP contribution in [0.4, 0.5) is 11.4 Å². The molecule has 0 aliphatic carbocycles. The van der Waals surface area contributed by atoms with E-state index < -0.39 is 18.5 Å². The van der Waals surface area contributed by atoms with Gasteiger partial charge in [0, 0.05) is 17.6 Å². The Hall–Kier alpha value is -3.26. The van der Waals surface area contributed by atoms with E-state index in [1.54, 1.807) is 36.4 Å². The number of carbonyl (C=O) groups excluding carboxylic acids is 3. The highest BCUT2D eigenvalue weighted by Crippen LogP contribution is 2.27. The van der Waals surface area contributed by atoms with Crippen molar-refractivity contribution >= 4 is 40.8 Å². The first-order valence-electron chi connectivity index (χ1n) is 8.17. The third-order valence-electron chi connectivity index (χ3n) is 3.31. The van der Waals surface area contributed by atoms with E-state index in [-0.39, 0.29) is 12.5 Å². The molecule has 2 aromatic carbocycles. The minimum absolute atomic E-state index is 0.254. The summed E-state index contributed by atoms with van der Waals surface area (Å²) in [7, 11) is 1.44. The molecule has 28 heavy (non-hydrogen) atoms. The predicted octanol–water partition coefficient (Wildman–Crippen LogP) is 2.87. The summed E-state index contributed by atoms with van der Waals surface area (Å²) in [5.74, 6) is -0.744. The Morgan fingerprint density at radius 3 is 2.50 bits per heavy atom. The zero-order valence-corrected chi connectivity index (χ0v) is 16.0. The average Bonchev–Trinajstić information content (AvgIpc) is 2.64. The van der Waals surface area contributed by atoms with Gasteiger partial charge in [-0.2, -0.15) is 0 Å². The number of ether oxygens (including phenoxy) is 3. The SMILES string of the molecule is COc1ccc(NC(C)=O)cc1NC(=O)COC(=O)COc1cccc(Cl)c1. The fourth-order valence-electron chi connectivity index (χ4n) is 2.16. The van der Waals surface area contributed by atoms with Gasteiger partial charge in [-0.3, -0.25) is 9.59 Å². The number of anilines is 2. The molecule has 8 nitrogen and oxygen atoms in total. The largest absolute Gasteiger partial charge is 0.495 e. The molecule has 148 valence electrons. The van der Waals surface area contributed by atoms with Crippen LogP contribution in [0.5, 0.6) is 11.5 Å². The van der Waals surface area contributed by atoms with Gasteiger partial charge in [-0.15, -0.1) is 0 Å². The molecule has 0 aromatic heterocycles. The summed E-state index contributed by atoms with van der Waals surface area (Å²) in [4.78, 5) is 34.9. The number of halogens is 1. The second-order valence-corrected chi connectivity index (χ2v) is 5.99. The Morgan fingerprint density at radius 1 is 1.04 bits per heavy atom. The van der Waals surface area contributed by atoms with Crippen LogP contribution >= 0.6 is 11.6 Å². The maximum absolute atomic E-state index is 12.0. The summed E-state index contributed by atoms with van der Waals surface area (Å²) in [6, 6.07) is 11.3. The maximum atomic E-state index is 12.0. The van der Waals surface area contributed by atoms with E-state index in [0.717, 1.165) is 0 Å². The molecule has 0 fully saturated rings. The molecule has 2 rings (SSSR count). The molecule has 2 amide bonds. The number of amides is 2. The van der Waals surface area contributed by atoms with Crippen LogP contribution in [0.15, 0.2) is 42.5 Å². The van der Waals surface area contributed by atoms with Crippen molar-refractivity contribution in [3.05, 3.63) is 47.5 Å². The van der Waals surface area contributed by atoms with Crippen molar-refractivity contribution in [2.75, 3.05) is 31.0 Å². The van der Waals surface area contributed by atoms with Crippen LogP contribution in [-0.4, -0.2) is 38.1 Å². The van der Waals surface area contributed by atoms with Crippen molar-refractivity contribution in [2.45, 2.75) is 6.92 Å². The molecule has 0 atom stereocenters. The molecule has 0 saturated carbocycles. The smallest absolute Gasteiger partial charge is 0.344 e. The van der Waals surface area contributed by atoms with Gasteiger partial charge in [-0.1, -0.05) is 17.7 Å². The summed E-state index contributed by atoms with van der Waals surface area (Å²) in [5, 5.41) is 5.63. The first kappa shape index (κ1) is 21.0. The third-order valence-corrected chi connectivity index (χ3v) is 3.55. The first-order valence-corrected chi connectivity index (χ1v) is 8.54.